The van der Waals surface area contributed by atoms with E-state index in [1.807, 2.05) is 6.74 Å². The average Bonchev–Trinajstić information content (AvgIpc) is 3.39. The van der Waals surface area contributed by atoms with Gasteiger partial charge in [0.1, 0.15) is 0 Å². The van der Waals surface area contributed by atoms with Gasteiger partial charge in [0.15, 0.2) is 0 Å². The van der Waals surface area contributed by atoms with Gasteiger partial charge in [0.2, 0.25) is 0 Å². The molecule has 0 atom stereocenters. The van der Waals surface area contributed by atoms with E-state index in [2.05, 4.69) is 46.1 Å². The van der Waals surface area contributed by atoms with Crippen molar-refractivity contribution in [1.29, 1.82) is 0 Å². The van der Waals surface area contributed by atoms with Crippen LogP contribution in [0.3, 0.4) is 0 Å². The normalized spacial score (nSPS) is 27.4. The van der Waals surface area contributed by atoms with Crippen molar-refractivity contribution in [3.63, 3.8) is 0 Å². The third-order valence-corrected chi connectivity index (χ3v) is 69.5. The maximum atomic E-state index is 2.78. The average molecular weight is 1050 g/mol. The van der Waals surface area contributed by atoms with Crippen LogP contribution < -0.4 is 0 Å². The van der Waals surface area contributed by atoms with Crippen LogP contribution in [0.15, 0.2) is 43.0 Å². The fraction of sp³-hybridized carbons (Fsp3) is 0.143. The molecule has 0 saturated carbocycles. The first-order chi connectivity index (χ1) is 11.7. The second-order valence-electron chi connectivity index (χ2n) is 4.91. The summed E-state index contributed by atoms with van der Waals surface area (Å²) in [5.41, 5.74) is 0. The second kappa shape index (κ2) is 8.77. The van der Waals surface area contributed by atoms with Crippen molar-refractivity contribution in [2.75, 3.05) is 0 Å². The number of hydrogen-bond acceptors (Lipinski definition) is 0. The van der Waals surface area contributed by atoms with Gasteiger partial charge in [0, 0.05) is 0 Å². The molecule has 0 aromatic carbocycles. The first-order valence-electron chi connectivity index (χ1n) is 6.85. The summed E-state index contributed by atoms with van der Waals surface area (Å²) < 4.78 is 16.9. The molecule has 0 N–H and O–H groups in total. The van der Waals surface area contributed by atoms with Gasteiger partial charge >= 0.3 is 213 Å². The second-order valence-corrected chi connectivity index (χ2v) is 46.0. The van der Waals surface area contributed by atoms with Gasteiger partial charge in [-0.15, -0.1) is 0 Å². The van der Waals surface area contributed by atoms with Crippen LogP contribution in [-0.4, -0.2) is 160 Å². The molecular formula is C14H10Sb2Se8. The van der Waals surface area contributed by atoms with Gasteiger partial charge < -0.3 is 0 Å². The van der Waals surface area contributed by atoms with Crippen molar-refractivity contribution >= 4 is 160 Å². The van der Waals surface area contributed by atoms with Crippen LogP contribution in [-0.2, 0) is 0 Å². The molecule has 0 aromatic heterocycles. The Kier molecular flexibility index (Phi) is 7.36. The molecule has 0 aliphatic carbocycles. The van der Waals surface area contributed by atoms with Crippen molar-refractivity contribution in [3.05, 3.63) is 43.0 Å². The molecule has 0 saturated heterocycles. The molecule has 0 spiro atoms. The Morgan fingerprint density at radius 1 is 0.500 bits per heavy atom. The van der Waals surface area contributed by atoms with Crippen LogP contribution in [0, 0.1) is 0 Å². The zero-order chi connectivity index (χ0) is 16.3. The molecule has 0 aromatic rings. The van der Waals surface area contributed by atoms with Crippen molar-refractivity contribution in [2.45, 2.75) is 9.74 Å². The van der Waals surface area contributed by atoms with E-state index in [1.54, 1.807) is 0 Å². The molecule has 124 valence electrons. The Morgan fingerprint density at radius 3 is 1.08 bits per heavy atom. The summed E-state index contributed by atoms with van der Waals surface area (Å²) >= 11 is 4.02. The van der Waals surface area contributed by atoms with Gasteiger partial charge in [-0.3, -0.25) is 0 Å². The van der Waals surface area contributed by atoms with Crippen molar-refractivity contribution in [1.82, 2.24) is 0 Å². The van der Waals surface area contributed by atoms with E-state index in [0.717, 1.165) is 120 Å². The molecule has 5 aliphatic rings. The van der Waals surface area contributed by atoms with Crippen LogP contribution in [0.5, 0.6) is 0 Å². The van der Waals surface area contributed by atoms with Gasteiger partial charge in [0.05, 0.1) is 0 Å². The molecule has 5 heterocycles. The monoisotopic (exact) mass is 1060 g/mol. The van der Waals surface area contributed by atoms with Crippen LogP contribution >= 0.6 is 0 Å². The van der Waals surface area contributed by atoms with Gasteiger partial charge in [-0.2, -0.15) is 0 Å². The SMILES string of the molecule is [CH3][Sb]1[C]2=[C]([Se]C(=C3[Se]C=C[Se]3)[Se]2)[Sb]([CH3])[C]2=[C]1[Se]C(=C1[Se]C=C[Se]1)[Se]2. The van der Waals surface area contributed by atoms with Gasteiger partial charge in [-0.05, 0) is 0 Å². The third-order valence-electron chi connectivity index (χ3n) is 3.49. The molecule has 0 amide bonds. The van der Waals surface area contributed by atoms with E-state index in [4.69, 9.17) is 0 Å². The van der Waals surface area contributed by atoms with Gasteiger partial charge in [-0.1, -0.05) is 0 Å². The van der Waals surface area contributed by atoms with Gasteiger partial charge in [-0.25, -0.2) is 0 Å². The minimum absolute atomic E-state index is 0.764. The minimum atomic E-state index is -1.21. The first kappa shape index (κ1) is 20.2. The Morgan fingerprint density at radius 2 is 0.792 bits per heavy atom. The van der Waals surface area contributed by atoms with E-state index < -0.39 is 40.4 Å². The topological polar surface area (TPSA) is 0 Å². The molecule has 24 heavy (non-hydrogen) atoms. The Labute approximate surface area is 208 Å². The zero-order valence-corrected chi connectivity index (χ0v) is 31.3. The van der Waals surface area contributed by atoms with Gasteiger partial charge in [0.25, 0.3) is 0 Å². The van der Waals surface area contributed by atoms with E-state index in [0.29, 0.717) is 0 Å². The van der Waals surface area contributed by atoms with Crippen molar-refractivity contribution in [2.24, 2.45) is 0 Å². The molecule has 10 heteroatoms. The summed E-state index contributed by atoms with van der Waals surface area (Å²) in [6.45, 7) is 0. The maximum absolute atomic E-state index is 2.78. The van der Waals surface area contributed by atoms with Crippen LogP contribution in [0.4, 0.5) is 0 Å². The summed E-state index contributed by atoms with van der Waals surface area (Å²) in [6.07, 6.45) is 0. The predicted octanol–water partition coefficient (Wildman–Crippen LogP) is -0.287. The van der Waals surface area contributed by atoms with Crippen LogP contribution in [0.2, 0.25) is 9.74 Å². The molecule has 0 fully saturated rings. The van der Waals surface area contributed by atoms with Crippen molar-refractivity contribution in [3.8, 4) is 0 Å². The quantitative estimate of drug-likeness (QED) is 0.294. The fourth-order valence-corrected chi connectivity index (χ4v) is 86.8. The van der Waals surface area contributed by atoms with E-state index in [9.17, 15) is 0 Å². The van der Waals surface area contributed by atoms with Crippen LogP contribution in [0.25, 0.3) is 0 Å². The summed E-state index contributed by atoms with van der Waals surface area (Å²) in [4.78, 5) is 15.6. The van der Waals surface area contributed by atoms with Crippen molar-refractivity contribution < 1.29 is 0 Å². The van der Waals surface area contributed by atoms with Crippen LogP contribution in [0.1, 0.15) is 0 Å². The predicted molar refractivity (Wildman–Crippen MR) is 116 cm³/mol. The molecule has 0 bridgehead atoms. The molecule has 0 unspecified atom stereocenters. The van der Waals surface area contributed by atoms with E-state index in [1.165, 1.54) is 0 Å². The first-order valence-corrected chi connectivity index (χ1v) is 31.3. The third kappa shape index (κ3) is 3.81. The number of hydrogen-bond donors (Lipinski definition) is 0. The standard InChI is InChI=1S/2C6H2Se4.2CH3.2Sb/c2*1-2-8-5(7-1)6-9-3-4-10-6;;;;/h2*1-2H;2*1H3;;. The van der Waals surface area contributed by atoms with E-state index >= 15 is 0 Å². The Bertz CT molecular complexity index is 695. The summed E-state index contributed by atoms with van der Waals surface area (Å²) in [7, 11) is 0. The molecule has 5 aliphatic heterocycles. The fourth-order valence-electron chi connectivity index (χ4n) is 2.37. The summed E-state index contributed by atoms with van der Waals surface area (Å²) in [5, 5.41) is 0. The van der Waals surface area contributed by atoms with E-state index in [-0.39, 0.29) is 0 Å². The number of rotatable bonds is 0. The Hall–Kier alpha value is 4.23. The molecule has 0 radical (unpaired) electrons. The molecule has 0 nitrogen and oxygen atoms in total. The Balaban J connectivity index is 1.43. The zero-order valence-electron chi connectivity index (χ0n) is 12.5. The summed E-state index contributed by atoms with van der Waals surface area (Å²) in [6, 6.07) is 0. The molecule has 5 rings (SSSR count). The molecular weight excluding hydrogens is 1040 g/mol. The summed E-state index contributed by atoms with van der Waals surface area (Å²) in [5.74, 6) is 0.